The van der Waals surface area contributed by atoms with Gasteiger partial charge < -0.3 is 25.2 Å². The van der Waals surface area contributed by atoms with Crippen molar-refractivity contribution in [1.82, 2.24) is 5.32 Å². The van der Waals surface area contributed by atoms with E-state index in [9.17, 15) is 40.4 Å². The molecule has 3 N–H and O–H groups in total. The zero-order valence-electron chi connectivity index (χ0n) is 22.7. The molecule has 0 spiro atoms. The molecule has 5 rings (SSSR count). The highest BCUT2D eigenvalue weighted by atomic mass is 32.2. The van der Waals surface area contributed by atoms with Crippen LogP contribution in [0.3, 0.4) is 0 Å². The van der Waals surface area contributed by atoms with E-state index >= 15 is 0 Å². The average Bonchev–Trinajstić information content (AvgIpc) is 3.52. The number of halogens is 4. The first-order valence-electron chi connectivity index (χ1n) is 13.5. The van der Waals surface area contributed by atoms with Crippen molar-refractivity contribution in [1.29, 1.82) is 0 Å². The number of sulfone groups is 1. The molecule has 4 atom stereocenters. The summed E-state index contributed by atoms with van der Waals surface area (Å²) in [5.74, 6) is -4.96. The van der Waals surface area contributed by atoms with Gasteiger partial charge >= 0.3 is 11.5 Å². The molecule has 2 aromatic rings. The van der Waals surface area contributed by atoms with Gasteiger partial charge in [0.05, 0.1) is 29.4 Å². The molecule has 3 aliphatic rings. The fourth-order valence-corrected chi connectivity index (χ4v) is 7.03. The Kier molecular flexibility index (Phi) is 8.05. The van der Waals surface area contributed by atoms with Crippen LogP contribution in [-0.4, -0.2) is 56.1 Å². The molecule has 0 radical (unpaired) electrons. The summed E-state index contributed by atoms with van der Waals surface area (Å²) >= 11 is 0. The second-order valence-corrected chi connectivity index (χ2v) is 13.0. The van der Waals surface area contributed by atoms with Crippen molar-refractivity contribution in [3.05, 3.63) is 47.8 Å². The molecule has 0 heterocycles. The molecule has 3 saturated carbocycles. The third kappa shape index (κ3) is 5.86. The number of aliphatic carboxylic acids is 1. The predicted octanol–water partition coefficient (Wildman–Crippen LogP) is 4.15. The minimum atomic E-state index is -5.63. The third-order valence-corrected chi connectivity index (χ3v) is 9.95. The predicted molar refractivity (Wildman–Crippen MR) is 142 cm³/mol. The Hall–Kier alpha value is -3.88. The van der Waals surface area contributed by atoms with Crippen LogP contribution < -0.4 is 20.1 Å². The minimum absolute atomic E-state index is 0.0694. The molecule has 2 aromatic carbocycles. The average molecular weight is 629 g/mol. The van der Waals surface area contributed by atoms with E-state index in [-0.39, 0.29) is 47.4 Å². The monoisotopic (exact) mass is 628 g/mol. The van der Waals surface area contributed by atoms with Crippen LogP contribution in [0.5, 0.6) is 11.5 Å². The van der Waals surface area contributed by atoms with Crippen molar-refractivity contribution in [2.75, 3.05) is 12.4 Å². The number of nitrogens with one attached hydrogen (secondary N) is 2. The third-order valence-electron chi connectivity index (χ3n) is 8.47. The molecule has 43 heavy (non-hydrogen) atoms. The van der Waals surface area contributed by atoms with Crippen molar-refractivity contribution < 1.29 is 54.9 Å². The first-order chi connectivity index (χ1) is 20.2. The number of fused-ring (bicyclic) bond motifs is 2. The molecule has 2 amide bonds. The number of carboxylic acids is 1. The smallest absolute Gasteiger partial charge is 0.496 e. The molecule has 1 unspecified atom stereocenters. The van der Waals surface area contributed by atoms with E-state index in [0.29, 0.717) is 12.8 Å². The Bertz CT molecular complexity index is 1560. The van der Waals surface area contributed by atoms with Gasteiger partial charge in [-0.05, 0) is 68.2 Å². The number of carboxylic acid groups (broad SMARTS) is 1. The molecule has 15 heteroatoms. The number of carbonyl (C=O) groups excluding carboxylic acids is 2. The van der Waals surface area contributed by atoms with E-state index in [1.165, 1.54) is 13.2 Å². The summed E-state index contributed by atoms with van der Waals surface area (Å²) in [6.07, 6.45) is 1.87. The molecule has 0 aliphatic heterocycles. The molecule has 10 nitrogen and oxygen atoms in total. The van der Waals surface area contributed by atoms with E-state index < -0.39 is 67.8 Å². The van der Waals surface area contributed by atoms with Crippen LogP contribution in [0.1, 0.15) is 42.5 Å². The molecule has 0 aromatic heterocycles. The van der Waals surface area contributed by atoms with Gasteiger partial charge in [-0.2, -0.15) is 13.2 Å². The molecule has 2 bridgehead atoms. The topological polar surface area (TPSA) is 148 Å². The Labute approximate surface area is 243 Å². The van der Waals surface area contributed by atoms with Crippen LogP contribution in [0.25, 0.3) is 0 Å². The molecule has 3 fully saturated rings. The van der Waals surface area contributed by atoms with E-state index in [0.717, 1.165) is 36.8 Å². The zero-order chi connectivity index (χ0) is 31.3. The normalized spacial score (nSPS) is 26.3. The Morgan fingerprint density at radius 3 is 2.35 bits per heavy atom. The SMILES string of the molecule is COc1cc(F)c(O[C@H]2C[C@@H](C(=O)O)C2)cc1C(=O)NC1[C@H]2CC[C@H](C2)[C@@H]1C(=O)Nc1cccc(S(=O)(=O)C(F)(F)F)c1. The van der Waals surface area contributed by atoms with Crippen molar-refractivity contribution in [2.45, 2.75) is 54.7 Å². The van der Waals surface area contributed by atoms with Crippen LogP contribution in [0.15, 0.2) is 41.3 Å². The molecular weight excluding hydrogens is 600 g/mol. The second kappa shape index (κ2) is 11.3. The number of anilines is 1. The van der Waals surface area contributed by atoms with Crippen molar-refractivity contribution >= 4 is 33.3 Å². The number of amides is 2. The maximum absolute atomic E-state index is 14.7. The fraction of sp³-hybridized carbons (Fsp3) is 0.464. The van der Waals surface area contributed by atoms with Crippen LogP contribution in [0.2, 0.25) is 0 Å². The summed E-state index contributed by atoms with van der Waals surface area (Å²) in [6, 6.07) is 5.32. The number of hydrogen-bond acceptors (Lipinski definition) is 7. The highest BCUT2D eigenvalue weighted by Crippen LogP contribution is 2.49. The number of methoxy groups -OCH3 is 1. The quantitative estimate of drug-likeness (QED) is 0.351. The number of carbonyl (C=O) groups is 3. The van der Waals surface area contributed by atoms with Crippen LogP contribution in [0.4, 0.5) is 23.2 Å². The highest BCUT2D eigenvalue weighted by Gasteiger charge is 2.52. The number of rotatable bonds is 9. The standard InChI is InChI=1S/C28H28F4N2O8S/c1-41-21-12-20(29)22(42-17-8-15(9-17)27(37)38)11-19(21)25(35)34-24-14-6-5-13(7-14)23(24)26(36)33-16-3-2-4-18(10-16)43(39,40)28(30,31)32/h2-4,10-15,17,23-24H,5-9H2,1H3,(H,33,36)(H,34,35)(H,37,38)/t13-,14+,15-,17+,23+,24?/m1/s1. The first kappa shape index (κ1) is 30.6. The lowest BCUT2D eigenvalue weighted by molar-refractivity contribution is -0.148. The van der Waals surface area contributed by atoms with Gasteiger partial charge in [0, 0.05) is 17.8 Å². The lowest BCUT2D eigenvalue weighted by atomic mass is 9.82. The minimum Gasteiger partial charge on any atom is -0.496 e. The van der Waals surface area contributed by atoms with E-state index in [1.54, 1.807) is 0 Å². The number of benzene rings is 2. The van der Waals surface area contributed by atoms with Crippen LogP contribution in [0, 0.1) is 29.5 Å². The van der Waals surface area contributed by atoms with Gasteiger partial charge in [0.15, 0.2) is 11.6 Å². The van der Waals surface area contributed by atoms with Gasteiger partial charge in [0.1, 0.15) is 11.9 Å². The van der Waals surface area contributed by atoms with E-state index in [2.05, 4.69) is 10.6 Å². The Morgan fingerprint density at radius 1 is 1.00 bits per heavy atom. The van der Waals surface area contributed by atoms with E-state index in [1.807, 2.05) is 0 Å². The van der Waals surface area contributed by atoms with Crippen LogP contribution in [-0.2, 0) is 19.4 Å². The lowest BCUT2D eigenvalue weighted by Crippen LogP contribution is -2.48. The largest absolute Gasteiger partial charge is 0.501 e. The zero-order valence-corrected chi connectivity index (χ0v) is 23.5. The Balaban J connectivity index is 1.33. The molecule has 0 saturated heterocycles. The van der Waals surface area contributed by atoms with Crippen molar-refractivity contribution in [2.24, 2.45) is 23.7 Å². The van der Waals surface area contributed by atoms with Gasteiger partial charge in [0.2, 0.25) is 5.91 Å². The first-order valence-corrected chi connectivity index (χ1v) is 15.0. The summed E-state index contributed by atoms with van der Waals surface area (Å²) < 4.78 is 88.3. The number of ether oxygens (including phenoxy) is 2. The van der Waals surface area contributed by atoms with Gasteiger partial charge in [0.25, 0.3) is 15.7 Å². The van der Waals surface area contributed by atoms with Gasteiger partial charge in [-0.25, -0.2) is 12.8 Å². The molecule has 232 valence electrons. The fourth-order valence-electron chi connectivity index (χ4n) is 6.22. The maximum atomic E-state index is 14.7. The summed E-state index contributed by atoms with van der Waals surface area (Å²) in [7, 11) is -4.38. The van der Waals surface area contributed by atoms with Crippen molar-refractivity contribution in [3.63, 3.8) is 0 Å². The molecule has 3 aliphatic carbocycles. The summed E-state index contributed by atoms with van der Waals surface area (Å²) in [4.78, 5) is 36.9. The van der Waals surface area contributed by atoms with Crippen molar-refractivity contribution in [3.8, 4) is 11.5 Å². The highest BCUT2D eigenvalue weighted by molar-refractivity contribution is 7.92. The van der Waals surface area contributed by atoms with Crippen LogP contribution >= 0.6 is 0 Å². The molecular formula is C28H28F4N2O8S. The second-order valence-electron chi connectivity index (χ2n) is 11.1. The summed E-state index contributed by atoms with van der Waals surface area (Å²) in [5.41, 5.74) is -5.73. The summed E-state index contributed by atoms with van der Waals surface area (Å²) in [6.45, 7) is 0. The van der Waals surface area contributed by atoms with Gasteiger partial charge in [-0.1, -0.05) is 6.07 Å². The van der Waals surface area contributed by atoms with Gasteiger partial charge in [-0.3, -0.25) is 14.4 Å². The Morgan fingerprint density at radius 2 is 1.70 bits per heavy atom. The number of hydrogen-bond donors (Lipinski definition) is 3. The maximum Gasteiger partial charge on any atom is 0.501 e. The summed E-state index contributed by atoms with van der Waals surface area (Å²) in [5, 5.41) is 14.4. The number of alkyl halides is 3. The van der Waals surface area contributed by atoms with E-state index in [4.69, 9.17) is 14.6 Å². The lowest BCUT2D eigenvalue weighted by Gasteiger charge is -2.33. The van der Waals surface area contributed by atoms with Gasteiger partial charge in [-0.15, -0.1) is 0 Å².